The highest BCUT2D eigenvalue weighted by Crippen LogP contribution is 2.61. The maximum atomic E-state index is 12.8. The van der Waals surface area contributed by atoms with E-state index in [2.05, 4.69) is 34.4 Å². The van der Waals surface area contributed by atoms with Crippen LogP contribution in [-0.4, -0.2) is 184 Å². The Morgan fingerprint density at radius 3 is 2.30 bits per heavy atom. The first kappa shape index (κ1) is 70.0. The molecule has 31 nitrogen and oxygen atoms in total. The Balaban J connectivity index is 1.31. The molecule has 0 radical (unpaired) electrons. The van der Waals surface area contributed by atoms with Crippen molar-refractivity contribution in [3.05, 3.63) is 61.3 Å². The van der Waals surface area contributed by atoms with Gasteiger partial charge < -0.3 is 77.1 Å². The molecule has 11 unspecified atom stereocenters. The van der Waals surface area contributed by atoms with Crippen LogP contribution in [-0.2, 0) is 60.3 Å². The molecule has 0 saturated carbocycles. The minimum absolute atomic E-state index is 0.0112. The number of imidazole rings is 1. The smallest absolute Gasteiger partial charge is 0.481 e. The molecule has 16 N–H and O–H groups in total. The normalized spacial score (nSPS) is 20.7. The van der Waals surface area contributed by atoms with Crippen molar-refractivity contribution in [2.24, 2.45) is 11.1 Å². The SMILES string of the molecule is CC(C)(COP(=O)(O)OP(=O)(O)OCC1OC(n2cnc3c(N)ncnc32)C(O)C1OP(=O)(O)O)C(O)C(=O)NCCC(=O)NCCSC(=O)CC(O)CCC=CCC=CC=CC=CC(SCC(N)C(=O)O)C(O)CCCC(=O)O. The maximum Gasteiger partial charge on any atom is 0.481 e. The highest BCUT2D eigenvalue weighted by Gasteiger charge is 2.50. The summed E-state index contributed by atoms with van der Waals surface area (Å²) in [7, 11) is -16.5. The van der Waals surface area contributed by atoms with E-state index in [1.165, 1.54) is 13.8 Å². The molecule has 3 rings (SSSR count). The first-order chi connectivity index (χ1) is 37.4. The number of nitrogens with zero attached hydrogens (tertiary/aromatic N) is 4. The third-order valence-corrected chi connectivity index (χ3v) is 16.5. The van der Waals surface area contributed by atoms with Crippen molar-refractivity contribution in [1.29, 1.82) is 0 Å². The zero-order chi connectivity index (χ0) is 59.8. The minimum atomic E-state index is -5.62. The average Bonchev–Trinajstić information content (AvgIpc) is 3.96. The number of nitrogens with one attached hydrogen (secondary N) is 2. The summed E-state index contributed by atoms with van der Waals surface area (Å²) in [5.41, 5.74) is 9.76. The van der Waals surface area contributed by atoms with Crippen molar-refractivity contribution in [1.82, 2.24) is 30.2 Å². The molecule has 80 heavy (non-hydrogen) atoms. The fourth-order valence-electron chi connectivity index (χ4n) is 6.90. The van der Waals surface area contributed by atoms with Crippen molar-refractivity contribution in [3.8, 4) is 0 Å². The highest BCUT2D eigenvalue weighted by molar-refractivity contribution is 8.13. The standard InChI is InChI=1S/C44H69N8O23P3S2/c1-44(2,24-72-78(69,70)75-77(67,68)71-22-30-37(74-76(64,65)66)36(59)42(73-30)52-26-51-35-39(46)49-25-50-40(35)52)38(60)41(61)48-18-17-32(55)47-19-20-79-34(58)21-27(53)13-10-8-6-4-3-5-7-9-11-15-31(80-23-28(45)43(62)63)29(54)14-12-16-33(56)57/h3,5-9,11,15,25-31,36-38,42,53-54,59-60H,4,10,12-14,16-24,45H2,1-2H3,(H,47,55)(H,48,61)(H,56,57)(H,62,63)(H,67,68)(H,69,70)(H2,46,49,50)(H2,64,65,66). The number of fused-ring (bicyclic) bond motifs is 1. The molecule has 2 aromatic rings. The van der Waals surface area contributed by atoms with Gasteiger partial charge in [0.2, 0.25) is 11.8 Å². The van der Waals surface area contributed by atoms with Gasteiger partial charge in [-0.3, -0.25) is 42.1 Å². The van der Waals surface area contributed by atoms with Crippen LogP contribution in [0.4, 0.5) is 5.82 Å². The molecule has 0 aromatic carbocycles. The van der Waals surface area contributed by atoms with Crippen molar-refractivity contribution in [2.75, 3.05) is 43.5 Å². The van der Waals surface area contributed by atoms with E-state index in [9.17, 15) is 77.7 Å². The lowest BCUT2D eigenvalue weighted by molar-refractivity contribution is -0.138. The van der Waals surface area contributed by atoms with Crippen LogP contribution in [0.5, 0.6) is 0 Å². The number of phosphoric ester groups is 3. The molecule has 11 atom stereocenters. The molecule has 2 aromatic heterocycles. The minimum Gasteiger partial charge on any atom is -0.481 e. The van der Waals surface area contributed by atoms with Gasteiger partial charge in [0.15, 0.2) is 22.8 Å². The summed E-state index contributed by atoms with van der Waals surface area (Å²) in [5, 5.41) is 64.4. The number of hydrogen-bond acceptors (Lipinski definition) is 24. The zero-order valence-electron chi connectivity index (χ0n) is 43.3. The number of amides is 2. The Morgan fingerprint density at radius 2 is 1.61 bits per heavy atom. The number of aliphatic hydroxyl groups is 4. The van der Waals surface area contributed by atoms with Crippen LogP contribution in [0.25, 0.3) is 11.2 Å². The monoisotopic (exact) mass is 1230 g/mol. The molecule has 0 bridgehead atoms. The molecule has 0 spiro atoms. The molecular weight excluding hydrogens is 1170 g/mol. The van der Waals surface area contributed by atoms with E-state index in [1.807, 2.05) is 18.2 Å². The number of carboxylic acid groups (broad SMARTS) is 2. The molecule has 1 fully saturated rings. The molecule has 2 amide bonds. The highest BCUT2D eigenvalue weighted by atomic mass is 32.2. The molecule has 450 valence electrons. The number of phosphoric acid groups is 3. The second kappa shape index (κ2) is 33.7. The molecule has 1 aliphatic heterocycles. The predicted octanol–water partition coefficient (Wildman–Crippen LogP) is 0.940. The number of anilines is 1. The van der Waals surface area contributed by atoms with Crippen LogP contribution in [0.15, 0.2) is 61.3 Å². The summed E-state index contributed by atoms with van der Waals surface area (Å²) in [6.45, 7) is 0.161. The molecule has 0 aliphatic carbocycles. The number of hydrogen-bond donors (Lipinski definition) is 14. The zero-order valence-corrected chi connectivity index (χ0v) is 47.6. The molecule has 1 aliphatic rings. The van der Waals surface area contributed by atoms with Gasteiger partial charge in [-0.25, -0.2) is 28.6 Å². The van der Waals surface area contributed by atoms with Crippen LogP contribution in [0.1, 0.15) is 71.4 Å². The number of carboxylic acids is 2. The van der Waals surface area contributed by atoms with Gasteiger partial charge >= 0.3 is 35.4 Å². The summed E-state index contributed by atoms with van der Waals surface area (Å²) in [6.07, 6.45) is 6.97. The van der Waals surface area contributed by atoms with E-state index < -0.39 is 120 Å². The van der Waals surface area contributed by atoms with Crippen LogP contribution < -0.4 is 22.1 Å². The second-order valence-corrected chi connectivity index (χ2v) is 24.8. The molecule has 36 heteroatoms. The summed E-state index contributed by atoms with van der Waals surface area (Å²) in [6, 6.07) is -1.11. The number of allylic oxidation sites excluding steroid dienone is 7. The first-order valence-corrected chi connectivity index (χ1v) is 30.8. The van der Waals surface area contributed by atoms with Gasteiger partial charge in [0.25, 0.3) is 0 Å². The number of carbonyl (C=O) groups excluding carboxylic acids is 3. The molecular formula is C44H69N8O23P3S2. The lowest BCUT2D eigenvalue weighted by atomic mass is 9.87. The van der Waals surface area contributed by atoms with Crippen molar-refractivity contribution in [2.45, 2.75) is 119 Å². The lowest BCUT2D eigenvalue weighted by Gasteiger charge is -2.30. The van der Waals surface area contributed by atoms with E-state index in [0.29, 0.717) is 19.3 Å². The number of ether oxygens (including phenoxy) is 1. The molecule has 3 heterocycles. The van der Waals surface area contributed by atoms with Gasteiger partial charge in [-0.05, 0) is 32.1 Å². The van der Waals surface area contributed by atoms with Crippen LogP contribution in [0.3, 0.4) is 0 Å². The Morgan fingerprint density at radius 1 is 0.912 bits per heavy atom. The maximum absolute atomic E-state index is 12.8. The molecule has 1 saturated heterocycles. The van der Waals surface area contributed by atoms with E-state index in [-0.39, 0.29) is 78.8 Å². The van der Waals surface area contributed by atoms with E-state index in [1.54, 1.807) is 30.4 Å². The Labute approximate surface area is 467 Å². The number of nitrogens with two attached hydrogens (primary N) is 2. The van der Waals surface area contributed by atoms with Crippen LogP contribution in [0, 0.1) is 5.41 Å². The third-order valence-electron chi connectivity index (χ3n) is 11.1. The van der Waals surface area contributed by atoms with Gasteiger partial charge in [0.1, 0.15) is 42.3 Å². The number of aliphatic carboxylic acids is 2. The summed E-state index contributed by atoms with van der Waals surface area (Å²) in [4.78, 5) is 111. The van der Waals surface area contributed by atoms with Crippen LogP contribution in [0.2, 0.25) is 0 Å². The Hall–Kier alpha value is -4.31. The largest absolute Gasteiger partial charge is 0.481 e. The fraction of sp³-hybridized carbons (Fsp3) is 0.591. The van der Waals surface area contributed by atoms with E-state index in [0.717, 1.165) is 40.7 Å². The summed E-state index contributed by atoms with van der Waals surface area (Å²) in [5.74, 6) is -3.51. The van der Waals surface area contributed by atoms with Gasteiger partial charge in [0, 0.05) is 54.5 Å². The lowest BCUT2D eigenvalue weighted by Crippen LogP contribution is -2.46. The van der Waals surface area contributed by atoms with Crippen molar-refractivity contribution >= 4 is 92.8 Å². The van der Waals surface area contributed by atoms with Crippen molar-refractivity contribution in [3.63, 3.8) is 0 Å². The quantitative estimate of drug-likeness (QED) is 0.0192. The number of carbonyl (C=O) groups is 5. The number of aromatic nitrogens is 4. The second-order valence-electron chi connectivity index (χ2n) is 18.2. The van der Waals surface area contributed by atoms with E-state index >= 15 is 0 Å². The van der Waals surface area contributed by atoms with E-state index in [4.69, 9.17) is 35.5 Å². The van der Waals surface area contributed by atoms with Gasteiger partial charge in [0.05, 0.1) is 31.7 Å². The first-order valence-electron chi connectivity index (χ1n) is 24.3. The third kappa shape index (κ3) is 25.9. The van der Waals surface area contributed by atoms with Gasteiger partial charge in [-0.15, -0.1) is 11.8 Å². The average molecular weight is 1240 g/mol. The Kier molecular flexibility index (Phi) is 29.5. The van der Waals surface area contributed by atoms with Gasteiger partial charge in [-0.1, -0.05) is 74.2 Å². The van der Waals surface area contributed by atoms with Gasteiger partial charge in [-0.2, -0.15) is 4.31 Å². The Bertz CT molecular complexity index is 2640. The van der Waals surface area contributed by atoms with Crippen LogP contribution >= 0.6 is 47.0 Å². The number of rotatable bonds is 38. The number of nitrogen functional groups attached to an aromatic ring is 1. The van der Waals surface area contributed by atoms with Crippen molar-refractivity contribution < 1.29 is 110 Å². The topological polar surface area (TPSA) is 505 Å². The number of aliphatic hydroxyl groups excluding tert-OH is 4. The number of thioether (sulfide) groups is 2. The summed E-state index contributed by atoms with van der Waals surface area (Å²) >= 11 is 2.07. The predicted molar refractivity (Wildman–Crippen MR) is 287 cm³/mol. The summed E-state index contributed by atoms with van der Waals surface area (Å²) < 4.78 is 62.4. The fourth-order valence-corrected chi connectivity index (χ4v) is 11.6.